The Balaban J connectivity index is 1.55. The lowest BCUT2D eigenvalue weighted by Gasteiger charge is -2.24. The van der Waals surface area contributed by atoms with Crippen LogP contribution in [0.3, 0.4) is 0 Å². The molecular formula is C32H47NO3. The Hall–Kier alpha value is -2.33. The van der Waals surface area contributed by atoms with Gasteiger partial charge in [-0.15, -0.1) is 5.06 Å². The summed E-state index contributed by atoms with van der Waals surface area (Å²) >= 11 is 0. The molecule has 0 atom stereocenters. The second-order valence-electron chi connectivity index (χ2n) is 10.2. The van der Waals surface area contributed by atoms with Crippen molar-refractivity contribution in [2.45, 2.75) is 110 Å². The van der Waals surface area contributed by atoms with Crippen molar-refractivity contribution in [2.24, 2.45) is 0 Å². The van der Waals surface area contributed by atoms with Gasteiger partial charge in [0.1, 0.15) is 11.5 Å². The Morgan fingerprint density at radius 3 is 1.92 bits per heavy atom. The molecule has 2 aromatic carbocycles. The van der Waals surface area contributed by atoms with Crippen LogP contribution in [0.15, 0.2) is 42.5 Å². The summed E-state index contributed by atoms with van der Waals surface area (Å²) in [5.41, 5.74) is 2.65. The van der Waals surface area contributed by atoms with Crippen LogP contribution in [0.5, 0.6) is 11.5 Å². The van der Waals surface area contributed by atoms with Crippen molar-refractivity contribution < 1.29 is 14.4 Å². The SMILES string of the molecule is CCCCCCCCCN(CCCCCCCCC)OC(=O)c1cccc2c1Cc1ccccc1O2. The number of nitrogens with zero attached hydrogens (tertiary/aromatic N) is 1. The normalized spacial score (nSPS) is 12.2. The Kier molecular flexibility index (Phi) is 12.9. The molecule has 0 aliphatic carbocycles. The number of hydrogen-bond acceptors (Lipinski definition) is 4. The van der Waals surface area contributed by atoms with Crippen LogP contribution < -0.4 is 4.74 Å². The number of hydrogen-bond donors (Lipinski definition) is 0. The zero-order chi connectivity index (χ0) is 25.4. The number of carbonyl (C=O) groups is 1. The first-order valence-corrected chi connectivity index (χ1v) is 14.6. The van der Waals surface area contributed by atoms with Crippen LogP contribution >= 0.6 is 0 Å². The molecule has 0 amide bonds. The maximum atomic E-state index is 13.3. The predicted octanol–water partition coefficient (Wildman–Crippen LogP) is 9.26. The van der Waals surface area contributed by atoms with E-state index < -0.39 is 0 Å². The number of ether oxygens (including phenoxy) is 1. The largest absolute Gasteiger partial charge is 0.457 e. The van der Waals surface area contributed by atoms with Crippen LogP contribution in [0.1, 0.15) is 125 Å². The average molecular weight is 494 g/mol. The molecule has 4 nitrogen and oxygen atoms in total. The van der Waals surface area contributed by atoms with Crippen LogP contribution in [0.4, 0.5) is 0 Å². The van der Waals surface area contributed by atoms with Crippen LogP contribution in [0, 0.1) is 0 Å². The van der Waals surface area contributed by atoms with Gasteiger partial charge in [-0.25, -0.2) is 4.79 Å². The summed E-state index contributed by atoms with van der Waals surface area (Å²) in [4.78, 5) is 19.4. The van der Waals surface area contributed by atoms with Crippen molar-refractivity contribution in [3.8, 4) is 11.5 Å². The molecular weight excluding hydrogens is 446 g/mol. The van der Waals surface area contributed by atoms with Crippen molar-refractivity contribution in [1.29, 1.82) is 0 Å². The lowest BCUT2D eigenvalue weighted by molar-refractivity contribution is -0.111. The molecule has 0 spiro atoms. The van der Waals surface area contributed by atoms with E-state index in [0.717, 1.165) is 48.6 Å². The number of benzene rings is 2. The molecule has 0 fully saturated rings. The van der Waals surface area contributed by atoms with Crippen LogP contribution in [0.25, 0.3) is 0 Å². The summed E-state index contributed by atoms with van der Waals surface area (Å²) in [6.45, 7) is 6.13. The fourth-order valence-electron chi connectivity index (χ4n) is 4.95. The van der Waals surface area contributed by atoms with Gasteiger partial charge in [0.2, 0.25) is 0 Å². The number of para-hydroxylation sites is 1. The first-order valence-electron chi connectivity index (χ1n) is 14.6. The minimum absolute atomic E-state index is 0.263. The molecule has 0 bridgehead atoms. The summed E-state index contributed by atoms with van der Waals surface area (Å²) < 4.78 is 6.09. The highest BCUT2D eigenvalue weighted by Crippen LogP contribution is 2.38. The summed E-state index contributed by atoms with van der Waals surface area (Å²) in [5, 5.41) is 1.93. The highest BCUT2D eigenvalue weighted by Gasteiger charge is 2.24. The number of hydroxylamine groups is 2. The van der Waals surface area contributed by atoms with Gasteiger partial charge in [0, 0.05) is 25.1 Å². The summed E-state index contributed by atoms with van der Waals surface area (Å²) in [5.74, 6) is 1.37. The molecule has 36 heavy (non-hydrogen) atoms. The van der Waals surface area contributed by atoms with E-state index in [9.17, 15) is 4.79 Å². The second kappa shape index (κ2) is 16.4. The highest BCUT2D eigenvalue weighted by atomic mass is 16.7. The Bertz CT molecular complexity index is 892. The van der Waals surface area contributed by atoms with Gasteiger partial charge >= 0.3 is 5.97 Å². The van der Waals surface area contributed by atoms with Crippen LogP contribution in [-0.4, -0.2) is 24.1 Å². The predicted molar refractivity (Wildman–Crippen MR) is 149 cm³/mol. The maximum absolute atomic E-state index is 13.3. The van der Waals surface area contributed by atoms with E-state index >= 15 is 0 Å². The average Bonchev–Trinajstić information content (AvgIpc) is 2.90. The maximum Gasteiger partial charge on any atom is 0.357 e. The Morgan fingerprint density at radius 2 is 1.28 bits per heavy atom. The third-order valence-corrected chi connectivity index (χ3v) is 7.15. The van der Waals surface area contributed by atoms with Gasteiger partial charge in [0.15, 0.2) is 0 Å². The molecule has 0 unspecified atom stereocenters. The minimum Gasteiger partial charge on any atom is -0.457 e. The van der Waals surface area contributed by atoms with E-state index in [1.807, 2.05) is 41.5 Å². The van der Waals surface area contributed by atoms with Crippen LogP contribution in [-0.2, 0) is 11.3 Å². The molecule has 2 aromatic rings. The van der Waals surface area contributed by atoms with E-state index in [1.165, 1.54) is 77.0 Å². The molecule has 1 aliphatic rings. The smallest absolute Gasteiger partial charge is 0.357 e. The second-order valence-corrected chi connectivity index (χ2v) is 10.2. The van der Waals surface area contributed by atoms with Gasteiger partial charge in [0.25, 0.3) is 0 Å². The number of carbonyl (C=O) groups excluding carboxylic acids is 1. The zero-order valence-electron chi connectivity index (χ0n) is 22.7. The fraction of sp³-hybridized carbons (Fsp3) is 0.594. The summed E-state index contributed by atoms with van der Waals surface area (Å²) in [6.07, 6.45) is 18.2. The van der Waals surface area contributed by atoms with Gasteiger partial charge in [-0.1, -0.05) is 115 Å². The summed E-state index contributed by atoms with van der Waals surface area (Å²) in [7, 11) is 0. The molecule has 198 valence electrons. The van der Waals surface area contributed by atoms with Crippen molar-refractivity contribution in [3.63, 3.8) is 0 Å². The fourth-order valence-corrected chi connectivity index (χ4v) is 4.95. The van der Waals surface area contributed by atoms with Crippen LogP contribution in [0.2, 0.25) is 0 Å². The molecule has 0 saturated carbocycles. The van der Waals surface area contributed by atoms with Crippen molar-refractivity contribution in [2.75, 3.05) is 13.1 Å². The van der Waals surface area contributed by atoms with Gasteiger partial charge in [0.05, 0.1) is 5.56 Å². The monoisotopic (exact) mass is 493 g/mol. The quantitative estimate of drug-likeness (QED) is 0.131. The molecule has 0 aromatic heterocycles. The molecule has 3 rings (SSSR count). The number of rotatable bonds is 18. The molecule has 0 radical (unpaired) electrons. The first-order chi connectivity index (χ1) is 17.7. The van der Waals surface area contributed by atoms with Crippen molar-refractivity contribution >= 4 is 5.97 Å². The van der Waals surface area contributed by atoms with E-state index in [1.54, 1.807) is 0 Å². The highest BCUT2D eigenvalue weighted by molar-refractivity contribution is 5.92. The lowest BCUT2D eigenvalue weighted by Crippen LogP contribution is -2.30. The van der Waals surface area contributed by atoms with Gasteiger partial charge in [-0.2, -0.15) is 0 Å². The third-order valence-electron chi connectivity index (χ3n) is 7.15. The number of fused-ring (bicyclic) bond motifs is 2. The Labute approximate surface area is 219 Å². The number of unbranched alkanes of at least 4 members (excludes halogenated alkanes) is 12. The van der Waals surface area contributed by atoms with Gasteiger partial charge in [-0.3, -0.25) is 0 Å². The standard InChI is InChI=1S/C32H47NO3/c1-3-5-7-9-11-13-17-24-33(25-18-14-12-10-8-6-4-2)36-32(34)28-21-19-23-31-29(28)26-27-20-15-16-22-30(27)35-31/h15-16,19-23H,3-14,17-18,24-26H2,1-2H3. The Morgan fingerprint density at radius 1 is 0.722 bits per heavy atom. The lowest BCUT2D eigenvalue weighted by atomic mass is 9.96. The first kappa shape index (κ1) is 28.2. The van der Waals surface area contributed by atoms with E-state index in [2.05, 4.69) is 19.9 Å². The zero-order valence-corrected chi connectivity index (χ0v) is 22.7. The molecule has 0 N–H and O–H groups in total. The minimum atomic E-state index is -0.263. The van der Waals surface area contributed by atoms with Crippen molar-refractivity contribution in [1.82, 2.24) is 5.06 Å². The molecule has 0 saturated heterocycles. The molecule has 1 aliphatic heterocycles. The topological polar surface area (TPSA) is 38.8 Å². The third kappa shape index (κ3) is 9.28. The summed E-state index contributed by atoms with van der Waals surface area (Å²) in [6, 6.07) is 13.7. The molecule has 4 heteroatoms. The van der Waals surface area contributed by atoms with Crippen molar-refractivity contribution in [3.05, 3.63) is 59.2 Å². The van der Waals surface area contributed by atoms with E-state index in [-0.39, 0.29) is 5.97 Å². The molecule has 1 heterocycles. The van der Waals surface area contributed by atoms with Gasteiger partial charge in [-0.05, 0) is 36.6 Å². The van der Waals surface area contributed by atoms with E-state index in [0.29, 0.717) is 12.0 Å². The van der Waals surface area contributed by atoms with E-state index in [4.69, 9.17) is 9.57 Å². The van der Waals surface area contributed by atoms with Gasteiger partial charge < -0.3 is 9.57 Å².